The number of anilines is 1. The van der Waals surface area contributed by atoms with Gasteiger partial charge in [0.15, 0.2) is 0 Å². The van der Waals surface area contributed by atoms with Crippen molar-refractivity contribution < 1.29 is 36.6 Å². The van der Waals surface area contributed by atoms with E-state index >= 15 is 0 Å². The number of carboxylic acids is 1. The van der Waals surface area contributed by atoms with E-state index in [-0.39, 0.29) is 30.5 Å². The van der Waals surface area contributed by atoms with Crippen molar-refractivity contribution in [2.45, 2.75) is 43.3 Å². The Kier molecular flexibility index (Phi) is 6.87. The van der Waals surface area contributed by atoms with E-state index in [1.54, 1.807) is 18.2 Å². The second-order valence-electron chi connectivity index (χ2n) is 9.16. The van der Waals surface area contributed by atoms with Gasteiger partial charge in [0.05, 0.1) is 28.8 Å². The molecule has 1 fully saturated rings. The summed E-state index contributed by atoms with van der Waals surface area (Å²) in [7, 11) is -4.38. The third-order valence-corrected chi connectivity index (χ3v) is 8.38. The lowest BCUT2D eigenvalue weighted by molar-refractivity contribution is -0.0428. The predicted molar refractivity (Wildman–Crippen MR) is 131 cm³/mol. The van der Waals surface area contributed by atoms with Crippen LogP contribution in [0.4, 0.5) is 14.5 Å². The number of hydrogen-bond donors (Lipinski definition) is 1. The molecule has 37 heavy (non-hydrogen) atoms. The van der Waals surface area contributed by atoms with Crippen LogP contribution in [-0.2, 0) is 34.2 Å². The van der Waals surface area contributed by atoms with E-state index in [0.717, 1.165) is 46.8 Å². The van der Waals surface area contributed by atoms with Crippen molar-refractivity contribution >= 4 is 21.7 Å². The van der Waals surface area contributed by atoms with Crippen LogP contribution in [0.3, 0.4) is 0 Å². The van der Waals surface area contributed by atoms with E-state index in [2.05, 4.69) is 0 Å². The van der Waals surface area contributed by atoms with E-state index in [0.29, 0.717) is 30.4 Å². The number of ether oxygens (including phenoxy) is 2. The van der Waals surface area contributed by atoms with Crippen molar-refractivity contribution in [1.29, 1.82) is 0 Å². The standard InChI is InChI=1S/C27H25F2NO6S/c28-21-12-22(29)14-24(13-21)37(33,34)30(15-23-8-9-35-23)25-10-19-2-1-3-20(19)11-26(25)36-16-17-4-6-18(7-5-17)27(31)32/h4-7,10-14,23H,1-3,8-9,15-16H2,(H,31,32). The summed E-state index contributed by atoms with van der Waals surface area (Å²) in [5.74, 6) is -2.72. The molecule has 2 aliphatic rings. The first kappa shape index (κ1) is 25.2. The average Bonchev–Trinajstić information content (AvgIpc) is 3.28. The van der Waals surface area contributed by atoms with Crippen molar-refractivity contribution in [3.63, 3.8) is 0 Å². The fourth-order valence-electron chi connectivity index (χ4n) is 4.55. The Balaban J connectivity index is 1.54. The van der Waals surface area contributed by atoms with Gasteiger partial charge in [-0.2, -0.15) is 0 Å². The number of sulfonamides is 1. The number of aromatic carboxylic acids is 1. The Bertz CT molecular complexity index is 1420. The van der Waals surface area contributed by atoms with Crippen LogP contribution < -0.4 is 9.04 Å². The molecule has 0 amide bonds. The Morgan fingerprint density at radius 3 is 2.27 bits per heavy atom. The predicted octanol–water partition coefficient (Wildman–Crippen LogP) is 4.71. The SMILES string of the molecule is O=C(O)c1ccc(COc2cc3c(cc2N(CC2CCO2)S(=O)(=O)c2cc(F)cc(F)c2)CCC3)cc1. The first-order valence-electron chi connectivity index (χ1n) is 11.9. The minimum absolute atomic E-state index is 0.0388. The topological polar surface area (TPSA) is 93.1 Å². The van der Waals surface area contributed by atoms with E-state index in [1.807, 2.05) is 6.07 Å². The van der Waals surface area contributed by atoms with Gasteiger partial charge in [-0.25, -0.2) is 22.0 Å². The maximum absolute atomic E-state index is 14.0. The number of nitrogens with zero attached hydrogens (tertiary/aromatic N) is 1. The monoisotopic (exact) mass is 529 g/mol. The fraction of sp³-hybridized carbons (Fsp3) is 0.296. The lowest BCUT2D eigenvalue weighted by atomic mass is 10.1. The number of carboxylic acid groups (broad SMARTS) is 1. The molecule has 1 saturated heterocycles. The quantitative estimate of drug-likeness (QED) is 0.432. The molecule has 0 radical (unpaired) electrons. The molecule has 0 aromatic heterocycles. The number of rotatable bonds is 9. The highest BCUT2D eigenvalue weighted by atomic mass is 32.2. The molecular formula is C27H25F2NO6S. The summed E-state index contributed by atoms with van der Waals surface area (Å²) >= 11 is 0. The summed E-state index contributed by atoms with van der Waals surface area (Å²) in [6, 6.07) is 12.0. The van der Waals surface area contributed by atoms with Gasteiger partial charge < -0.3 is 14.6 Å². The molecule has 1 unspecified atom stereocenters. The van der Waals surface area contributed by atoms with Crippen LogP contribution in [0.5, 0.6) is 5.75 Å². The summed E-state index contributed by atoms with van der Waals surface area (Å²) in [6.07, 6.45) is 2.82. The molecule has 1 aliphatic heterocycles. The molecule has 5 rings (SSSR count). The second kappa shape index (κ2) is 10.1. The number of carbonyl (C=O) groups is 1. The number of hydrogen-bond acceptors (Lipinski definition) is 5. The summed E-state index contributed by atoms with van der Waals surface area (Å²) in [4.78, 5) is 10.6. The highest BCUT2D eigenvalue weighted by molar-refractivity contribution is 7.92. The molecule has 1 heterocycles. The molecule has 3 aromatic rings. The molecule has 3 aromatic carbocycles. The zero-order valence-corrected chi connectivity index (χ0v) is 20.6. The van der Waals surface area contributed by atoms with Crippen LogP contribution in [0.25, 0.3) is 0 Å². The summed E-state index contributed by atoms with van der Waals surface area (Å²) < 4.78 is 68.3. The smallest absolute Gasteiger partial charge is 0.335 e. The lowest BCUT2D eigenvalue weighted by Crippen LogP contribution is -2.43. The summed E-state index contributed by atoms with van der Waals surface area (Å²) in [5, 5.41) is 9.12. The molecule has 7 nitrogen and oxygen atoms in total. The lowest BCUT2D eigenvalue weighted by Gasteiger charge is -2.34. The van der Waals surface area contributed by atoms with Crippen LogP contribution in [0.1, 0.15) is 39.9 Å². The number of aryl methyl sites for hydroxylation is 2. The molecule has 1 aliphatic carbocycles. The number of fused-ring (bicyclic) bond motifs is 1. The Morgan fingerprint density at radius 1 is 1.03 bits per heavy atom. The number of benzene rings is 3. The van der Waals surface area contributed by atoms with Crippen LogP contribution in [0, 0.1) is 11.6 Å². The van der Waals surface area contributed by atoms with Crippen LogP contribution in [-0.4, -0.2) is 38.7 Å². The molecular weight excluding hydrogens is 504 g/mol. The van der Waals surface area contributed by atoms with Gasteiger partial charge in [0.25, 0.3) is 10.0 Å². The molecule has 194 valence electrons. The van der Waals surface area contributed by atoms with Crippen LogP contribution in [0.2, 0.25) is 0 Å². The van der Waals surface area contributed by atoms with Gasteiger partial charge in [0.2, 0.25) is 0 Å². The van der Waals surface area contributed by atoms with E-state index < -0.39 is 32.5 Å². The maximum atomic E-state index is 14.0. The van der Waals surface area contributed by atoms with Crippen molar-refractivity contribution in [3.05, 3.63) is 88.5 Å². The van der Waals surface area contributed by atoms with Gasteiger partial charge in [0.1, 0.15) is 24.0 Å². The third kappa shape index (κ3) is 5.30. The Morgan fingerprint density at radius 2 is 1.68 bits per heavy atom. The molecule has 1 atom stereocenters. The molecule has 0 bridgehead atoms. The summed E-state index contributed by atoms with van der Waals surface area (Å²) in [6.45, 7) is 0.532. The molecule has 10 heteroatoms. The Labute approximate surface area is 213 Å². The van der Waals surface area contributed by atoms with Crippen molar-refractivity contribution in [2.24, 2.45) is 0 Å². The average molecular weight is 530 g/mol. The third-order valence-electron chi connectivity index (χ3n) is 6.62. The van der Waals surface area contributed by atoms with E-state index in [4.69, 9.17) is 14.6 Å². The van der Waals surface area contributed by atoms with Crippen molar-refractivity contribution in [1.82, 2.24) is 0 Å². The zero-order valence-electron chi connectivity index (χ0n) is 19.8. The summed E-state index contributed by atoms with van der Waals surface area (Å²) in [5.41, 5.74) is 3.15. The van der Waals surface area contributed by atoms with Crippen molar-refractivity contribution in [3.8, 4) is 5.75 Å². The molecule has 0 saturated carbocycles. The first-order chi connectivity index (χ1) is 17.7. The largest absolute Gasteiger partial charge is 0.487 e. The van der Waals surface area contributed by atoms with E-state index in [1.165, 1.54) is 12.1 Å². The van der Waals surface area contributed by atoms with E-state index in [9.17, 15) is 22.0 Å². The van der Waals surface area contributed by atoms with Crippen molar-refractivity contribution in [2.75, 3.05) is 17.5 Å². The molecule has 1 N–H and O–H groups in total. The maximum Gasteiger partial charge on any atom is 0.335 e. The van der Waals surface area contributed by atoms with Gasteiger partial charge in [-0.1, -0.05) is 12.1 Å². The van der Waals surface area contributed by atoms with Gasteiger partial charge in [-0.3, -0.25) is 4.31 Å². The highest BCUT2D eigenvalue weighted by Gasteiger charge is 2.34. The van der Waals surface area contributed by atoms with Gasteiger partial charge in [-0.15, -0.1) is 0 Å². The van der Waals surface area contributed by atoms with Gasteiger partial charge in [-0.05, 0) is 78.8 Å². The normalized spacial score (nSPS) is 16.6. The van der Waals surface area contributed by atoms with Gasteiger partial charge in [0, 0.05) is 12.7 Å². The fourth-order valence-corrected chi connectivity index (χ4v) is 6.09. The zero-order chi connectivity index (χ0) is 26.2. The Hall–Kier alpha value is -3.50. The number of halogens is 2. The van der Waals surface area contributed by atoms with Gasteiger partial charge >= 0.3 is 5.97 Å². The molecule has 0 spiro atoms. The minimum Gasteiger partial charge on any atom is -0.487 e. The highest BCUT2D eigenvalue weighted by Crippen LogP contribution is 2.39. The minimum atomic E-state index is -4.38. The van der Waals surface area contributed by atoms with Crippen LogP contribution >= 0.6 is 0 Å². The second-order valence-corrected chi connectivity index (χ2v) is 11.0. The van der Waals surface area contributed by atoms with Crippen LogP contribution in [0.15, 0.2) is 59.5 Å². The first-order valence-corrected chi connectivity index (χ1v) is 13.4.